The molecule has 0 saturated carbocycles. The van der Waals surface area contributed by atoms with Gasteiger partial charge in [0.25, 0.3) is 0 Å². The Bertz CT molecular complexity index is 907. The second-order valence-electron chi connectivity index (χ2n) is 6.93. The first kappa shape index (κ1) is 25.4. The molecule has 0 fully saturated rings. The molecule has 0 aliphatic rings. The number of nitrogens with one attached hydrogen (secondary N) is 2. The summed E-state index contributed by atoms with van der Waals surface area (Å²) in [7, 11) is 1.82. The number of benzene rings is 1. The average molecular weight is 461 g/mol. The van der Waals surface area contributed by atoms with E-state index in [1.54, 1.807) is 36.7 Å². The number of aromatic nitrogens is 1. The quantitative estimate of drug-likeness (QED) is 0.267. The largest absolute Gasteiger partial charge is 0.463 e. The molecule has 172 valence electrons. The van der Waals surface area contributed by atoms with Crippen LogP contribution in [0.1, 0.15) is 24.0 Å². The van der Waals surface area contributed by atoms with Crippen LogP contribution < -0.4 is 16.4 Å². The molecule has 1 atom stereocenters. The Morgan fingerprint density at radius 2 is 1.94 bits per heavy atom. The number of carbonyl (C=O) groups is 1. The van der Waals surface area contributed by atoms with Crippen LogP contribution >= 0.6 is 11.8 Å². The monoisotopic (exact) mass is 460 g/mol. The number of esters is 1. The molecule has 5 N–H and O–H groups in total. The second-order valence-corrected chi connectivity index (χ2v) is 8.05. The highest BCUT2D eigenvalue weighted by molar-refractivity contribution is 8.03. The molecule has 0 radical (unpaired) electrons. The Hall–Kier alpha value is -2.88. The minimum absolute atomic E-state index is 0.0799. The van der Waals surface area contributed by atoms with E-state index in [1.807, 2.05) is 7.05 Å². The van der Waals surface area contributed by atoms with Crippen molar-refractivity contribution in [1.29, 1.82) is 0 Å². The van der Waals surface area contributed by atoms with Crippen molar-refractivity contribution in [3.63, 3.8) is 0 Å². The van der Waals surface area contributed by atoms with Crippen molar-refractivity contribution in [3.05, 3.63) is 77.3 Å². The van der Waals surface area contributed by atoms with Gasteiger partial charge in [-0.05, 0) is 62.0 Å². The molecule has 1 aromatic heterocycles. The SMILES string of the molecule is C=C(N/C(=C(\N)c1ccc(F)cc1)c1ccncc1)SCC(O)COC(=O)CCCNC. The zero-order chi connectivity index (χ0) is 23.3. The minimum Gasteiger partial charge on any atom is -0.463 e. The summed E-state index contributed by atoms with van der Waals surface area (Å²) in [6.45, 7) is 4.64. The molecule has 7 nitrogen and oxygen atoms in total. The molecule has 9 heteroatoms. The number of hydrogen-bond donors (Lipinski definition) is 4. The Morgan fingerprint density at radius 3 is 2.59 bits per heavy atom. The molecule has 1 aromatic carbocycles. The van der Waals surface area contributed by atoms with Crippen LogP contribution in [0.5, 0.6) is 0 Å². The van der Waals surface area contributed by atoms with Crippen LogP contribution in [0.2, 0.25) is 0 Å². The van der Waals surface area contributed by atoms with E-state index >= 15 is 0 Å². The van der Waals surface area contributed by atoms with Gasteiger partial charge in [-0.25, -0.2) is 4.39 Å². The lowest BCUT2D eigenvalue weighted by atomic mass is 10.1. The Kier molecular flexibility index (Phi) is 10.7. The molecular formula is C23H29FN4O3S. The van der Waals surface area contributed by atoms with Crippen LogP contribution in [-0.4, -0.2) is 48.1 Å². The molecule has 0 amide bonds. The lowest BCUT2D eigenvalue weighted by molar-refractivity contribution is -0.146. The molecule has 1 heterocycles. The number of aliphatic hydroxyl groups is 1. The number of nitrogens with two attached hydrogens (primary N) is 1. The summed E-state index contributed by atoms with van der Waals surface area (Å²) in [4.78, 5) is 15.7. The first-order chi connectivity index (χ1) is 15.4. The van der Waals surface area contributed by atoms with Gasteiger partial charge in [0, 0.05) is 30.1 Å². The maximum Gasteiger partial charge on any atom is 0.305 e. The van der Waals surface area contributed by atoms with Gasteiger partial charge >= 0.3 is 5.97 Å². The van der Waals surface area contributed by atoms with E-state index in [0.717, 1.165) is 12.1 Å². The maximum absolute atomic E-state index is 13.3. The highest BCUT2D eigenvalue weighted by Crippen LogP contribution is 2.24. The second kappa shape index (κ2) is 13.5. The van der Waals surface area contributed by atoms with Gasteiger partial charge in [-0.15, -0.1) is 11.8 Å². The zero-order valence-electron chi connectivity index (χ0n) is 18.0. The topological polar surface area (TPSA) is 110 Å². The number of ether oxygens (including phenoxy) is 1. The van der Waals surface area contributed by atoms with Crippen molar-refractivity contribution in [3.8, 4) is 0 Å². The number of halogens is 1. The van der Waals surface area contributed by atoms with Gasteiger partial charge < -0.3 is 26.2 Å². The number of rotatable bonds is 13. The maximum atomic E-state index is 13.3. The molecule has 0 aliphatic carbocycles. The van der Waals surface area contributed by atoms with Crippen LogP contribution in [0.15, 0.2) is 60.4 Å². The van der Waals surface area contributed by atoms with Crippen molar-refractivity contribution < 1.29 is 19.0 Å². The highest BCUT2D eigenvalue weighted by Gasteiger charge is 2.13. The van der Waals surface area contributed by atoms with E-state index in [2.05, 4.69) is 22.2 Å². The predicted molar refractivity (Wildman–Crippen MR) is 126 cm³/mol. The van der Waals surface area contributed by atoms with Crippen molar-refractivity contribution in [1.82, 2.24) is 15.6 Å². The standard InChI is InChI=1S/C23H29FN4O3S/c1-16(32-15-20(29)14-31-21(30)4-3-11-26-2)28-23(18-9-12-27-13-10-18)22(25)17-5-7-19(24)8-6-17/h5-10,12-13,20,26,28-29H,1,3-4,11,14-15,25H2,2H3/b23-22-. The first-order valence-electron chi connectivity index (χ1n) is 10.1. The molecule has 32 heavy (non-hydrogen) atoms. The summed E-state index contributed by atoms with van der Waals surface area (Å²) < 4.78 is 18.4. The fourth-order valence-corrected chi connectivity index (χ4v) is 3.34. The van der Waals surface area contributed by atoms with E-state index in [9.17, 15) is 14.3 Å². The zero-order valence-corrected chi connectivity index (χ0v) is 18.8. The number of nitrogens with zero attached hydrogens (tertiary/aromatic N) is 1. The third-order valence-corrected chi connectivity index (χ3v) is 5.35. The van der Waals surface area contributed by atoms with Crippen molar-refractivity contribution in [2.45, 2.75) is 18.9 Å². The van der Waals surface area contributed by atoms with Gasteiger partial charge in [-0.3, -0.25) is 9.78 Å². The van der Waals surface area contributed by atoms with Gasteiger partial charge in [0.15, 0.2) is 0 Å². The average Bonchev–Trinajstić information content (AvgIpc) is 2.80. The first-order valence-corrected chi connectivity index (χ1v) is 11.1. The third kappa shape index (κ3) is 8.70. The van der Waals surface area contributed by atoms with Crippen LogP contribution in [0, 0.1) is 5.82 Å². The summed E-state index contributed by atoms with van der Waals surface area (Å²) >= 11 is 1.27. The van der Waals surface area contributed by atoms with E-state index < -0.39 is 6.10 Å². The summed E-state index contributed by atoms with van der Waals surface area (Å²) in [5, 5.41) is 16.8. The Morgan fingerprint density at radius 1 is 1.25 bits per heavy atom. The van der Waals surface area contributed by atoms with Gasteiger partial charge in [-0.1, -0.05) is 6.58 Å². The van der Waals surface area contributed by atoms with E-state index in [1.165, 1.54) is 23.9 Å². The number of thioether (sulfide) groups is 1. The third-order valence-electron chi connectivity index (χ3n) is 4.35. The van der Waals surface area contributed by atoms with E-state index in [0.29, 0.717) is 34.8 Å². The molecule has 0 spiro atoms. The number of carbonyl (C=O) groups excluding carboxylic acids is 1. The lowest BCUT2D eigenvalue weighted by Crippen LogP contribution is -2.22. The Labute approximate surface area is 192 Å². The van der Waals surface area contributed by atoms with Crippen LogP contribution in [-0.2, 0) is 9.53 Å². The fraction of sp³-hybridized carbons (Fsp3) is 0.304. The number of hydrogen-bond acceptors (Lipinski definition) is 8. The molecule has 2 rings (SSSR count). The smallest absolute Gasteiger partial charge is 0.305 e. The molecule has 2 aromatic rings. The summed E-state index contributed by atoms with van der Waals surface area (Å²) in [6.07, 6.45) is 3.42. The van der Waals surface area contributed by atoms with Crippen molar-refractivity contribution >= 4 is 29.1 Å². The van der Waals surface area contributed by atoms with Gasteiger partial charge in [0.2, 0.25) is 0 Å². The molecule has 0 bridgehead atoms. The molecule has 0 saturated heterocycles. The fourth-order valence-electron chi connectivity index (χ4n) is 2.68. The van der Waals surface area contributed by atoms with Crippen molar-refractivity contribution in [2.24, 2.45) is 5.73 Å². The van der Waals surface area contributed by atoms with Crippen LogP contribution in [0.25, 0.3) is 11.4 Å². The lowest BCUT2D eigenvalue weighted by Gasteiger charge is -2.18. The predicted octanol–water partition coefficient (Wildman–Crippen LogP) is 2.70. The van der Waals surface area contributed by atoms with Crippen LogP contribution in [0.4, 0.5) is 4.39 Å². The molecular weight excluding hydrogens is 431 g/mol. The van der Waals surface area contributed by atoms with Gasteiger partial charge in [0.1, 0.15) is 12.4 Å². The van der Waals surface area contributed by atoms with Gasteiger partial charge in [-0.2, -0.15) is 0 Å². The number of aliphatic hydroxyl groups excluding tert-OH is 1. The molecule has 0 aliphatic heterocycles. The summed E-state index contributed by atoms with van der Waals surface area (Å²) in [5.41, 5.74) is 8.79. The van der Waals surface area contributed by atoms with Gasteiger partial charge in [0.05, 0.1) is 22.5 Å². The minimum atomic E-state index is -0.838. The summed E-state index contributed by atoms with van der Waals surface area (Å²) in [5.74, 6) is -0.414. The molecule has 1 unspecified atom stereocenters. The van der Waals surface area contributed by atoms with E-state index in [4.69, 9.17) is 10.5 Å². The van der Waals surface area contributed by atoms with E-state index in [-0.39, 0.29) is 24.1 Å². The van der Waals surface area contributed by atoms with Crippen LogP contribution in [0.3, 0.4) is 0 Å². The Balaban J connectivity index is 1.97. The van der Waals surface area contributed by atoms with Crippen molar-refractivity contribution in [2.75, 3.05) is 26.0 Å². The number of pyridine rings is 1. The summed E-state index contributed by atoms with van der Waals surface area (Å²) in [6, 6.07) is 9.45. The normalized spacial score (nSPS) is 12.6. The highest BCUT2D eigenvalue weighted by atomic mass is 32.2.